The van der Waals surface area contributed by atoms with Crippen molar-refractivity contribution in [3.8, 4) is 0 Å². The van der Waals surface area contributed by atoms with Crippen LogP contribution in [0.1, 0.15) is 25.2 Å². The topological polar surface area (TPSA) is 116 Å². The highest BCUT2D eigenvalue weighted by atomic mass is 16.5. The predicted molar refractivity (Wildman–Crippen MR) is 98.5 cm³/mol. The first kappa shape index (κ1) is 18.6. The lowest BCUT2D eigenvalue weighted by atomic mass is 10.3. The van der Waals surface area contributed by atoms with Gasteiger partial charge in [-0.2, -0.15) is 0 Å². The smallest absolute Gasteiger partial charge is 0.408 e. The summed E-state index contributed by atoms with van der Waals surface area (Å²) in [7, 11) is 3.26. The molecule has 1 atom stereocenters. The largest absolute Gasteiger partial charge is 0.419 e. The van der Waals surface area contributed by atoms with Crippen LogP contribution in [0.4, 0.5) is 10.5 Å². The normalized spacial score (nSPS) is 12.3. The van der Waals surface area contributed by atoms with Gasteiger partial charge in [0.15, 0.2) is 11.4 Å². The number of anilines is 1. The van der Waals surface area contributed by atoms with Crippen LogP contribution in [-0.4, -0.2) is 39.1 Å². The molecule has 10 nitrogen and oxygen atoms in total. The molecule has 1 aromatic carbocycles. The molecule has 2 amide bonds. The van der Waals surface area contributed by atoms with Gasteiger partial charge in [-0.3, -0.25) is 4.57 Å². The highest BCUT2D eigenvalue weighted by molar-refractivity contribution is 5.91. The van der Waals surface area contributed by atoms with E-state index in [1.165, 1.54) is 4.57 Å². The minimum absolute atomic E-state index is 0.336. The van der Waals surface area contributed by atoms with Crippen molar-refractivity contribution in [2.24, 2.45) is 7.05 Å². The van der Waals surface area contributed by atoms with Gasteiger partial charge in [-0.15, -0.1) is 10.2 Å². The zero-order valence-electron chi connectivity index (χ0n) is 15.4. The molecule has 0 aliphatic rings. The summed E-state index contributed by atoms with van der Waals surface area (Å²) in [5, 5.41) is 13.6. The van der Waals surface area contributed by atoms with Crippen molar-refractivity contribution in [2.75, 3.05) is 19.0 Å². The van der Waals surface area contributed by atoms with Crippen LogP contribution in [0.15, 0.2) is 33.7 Å². The van der Waals surface area contributed by atoms with E-state index < -0.39 is 5.76 Å². The van der Waals surface area contributed by atoms with Gasteiger partial charge in [-0.05, 0) is 31.5 Å². The van der Waals surface area contributed by atoms with Crippen LogP contribution in [0.2, 0.25) is 0 Å². The third-order valence-electron chi connectivity index (χ3n) is 4.18. The van der Waals surface area contributed by atoms with Crippen LogP contribution in [0, 0.1) is 0 Å². The van der Waals surface area contributed by atoms with Gasteiger partial charge in [-0.25, -0.2) is 9.59 Å². The number of fused-ring (bicyclic) bond motifs is 1. The summed E-state index contributed by atoms with van der Waals surface area (Å²) in [6, 6.07) is 4.27. The highest BCUT2D eigenvalue weighted by Gasteiger charge is 2.16. The molecule has 27 heavy (non-hydrogen) atoms. The van der Waals surface area contributed by atoms with E-state index in [0.717, 1.165) is 6.42 Å². The van der Waals surface area contributed by atoms with E-state index in [1.807, 2.05) is 11.5 Å². The van der Waals surface area contributed by atoms with Crippen LogP contribution < -0.4 is 16.4 Å². The third kappa shape index (κ3) is 4.17. The minimum Gasteiger partial charge on any atom is -0.408 e. The number of benzene rings is 1. The Balaban J connectivity index is 1.65. The van der Waals surface area contributed by atoms with E-state index in [-0.39, 0.29) is 12.1 Å². The number of methoxy groups -OCH3 is 1. The lowest BCUT2D eigenvalue weighted by Crippen LogP contribution is -2.32. The van der Waals surface area contributed by atoms with E-state index in [1.54, 1.807) is 38.7 Å². The summed E-state index contributed by atoms with van der Waals surface area (Å²) in [4.78, 5) is 23.9. The second kappa shape index (κ2) is 8.04. The number of urea groups is 1. The molecule has 3 aromatic rings. The molecule has 2 N–H and O–H groups in total. The molecule has 0 aliphatic heterocycles. The Kier molecular flexibility index (Phi) is 5.55. The van der Waals surface area contributed by atoms with Gasteiger partial charge < -0.3 is 24.4 Å². The van der Waals surface area contributed by atoms with Crippen molar-refractivity contribution in [1.82, 2.24) is 24.6 Å². The molecule has 144 valence electrons. The van der Waals surface area contributed by atoms with E-state index in [0.29, 0.717) is 35.8 Å². The number of nitrogens with one attached hydrogen (secondary N) is 2. The number of aryl methyl sites for hydroxylation is 2. The Hall–Kier alpha value is -3.14. The number of hydrogen-bond acceptors (Lipinski definition) is 6. The Labute approximate surface area is 155 Å². The van der Waals surface area contributed by atoms with Crippen LogP contribution in [0.5, 0.6) is 0 Å². The van der Waals surface area contributed by atoms with Gasteiger partial charge in [0.05, 0.1) is 11.6 Å². The Morgan fingerprint density at radius 1 is 1.41 bits per heavy atom. The SMILES string of the molecule is COCCCn1cnnc1[C@H](C)NC(=O)Nc1ccc2oc(=O)n(C)c2c1. The van der Waals surface area contributed by atoms with Crippen LogP contribution in [0.3, 0.4) is 0 Å². The zero-order chi connectivity index (χ0) is 19.4. The molecule has 0 unspecified atom stereocenters. The molecule has 10 heteroatoms. The van der Waals surface area contributed by atoms with Crippen molar-refractivity contribution < 1.29 is 13.9 Å². The number of oxazole rings is 1. The fourth-order valence-corrected chi connectivity index (χ4v) is 2.78. The summed E-state index contributed by atoms with van der Waals surface area (Å²) >= 11 is 0. The first-order valence-electron chi connectivity index (χ1n) is 8.53. The number of carbonyl (C=O) groups excluding carboxylic acids is 1. The lowest BCUT2D eigenvalue weighted by Gasteiger charge is -2.15. The first-order chi connectivity index (χ1) is 13.0. The van der Waals surface area contributed by atoms with Crippen molar-refractivity contribution in [3.63, 3.8) is 0 Å². The van der Waals surface area contributed by atoms with E-state index >= 15 is 0 Å². The molecule has 0 saturated carbocycles. The first-order valence-corrected chi connectivity index (χ1v) is 8.53. The van der Waals surface area contributed by atoms with Gasteiger partial charge in [0, 0.05) is 33.0 Å². The van der Waals surface area contributed by atoms with Crippen LogP contribution in [-0.2, 0) is 18.3 Å². The van der Waals surface area contributed by atoms with Crippen molar-refractivity contribution >= 4 is 22.8 Å². The maximum absolute atomic E-state index is 12.3. The van der Waals surface area contributed by atoms with Gasteiger partial charge in [0.1, 0.15) is 6.33 Å². The van der Waals surface area contributed by atoms with E-state index in [9.17, 15) is 9.59 Å². The summed E-state index contributed by atoms with van der Waals surface area (Å²) < 4.78 is 13.4. The van der Waals surface area contributed by atoms with Gasteiger partial charge in [-0.1, -0.05) is 0 Å². The maximum Gasteiger partial charge on any atom is 0.419 e. The molecule has 3 rings (SSSR count). The number of rotatable bonds is 7. The Morgan fingerprint density at radius 2 is 2.22 bits per heavy atom. The third-order valence-corrected chi connectivity index (χ3v) is 4.18. The van der Waals surface area contributed by atoms with Crippen LogP contribution in [0.25, 0.3) is 11.1 Å². The number of ether oxygens (including phenoxy) is 1. The molecule has 0 spiro atoms. The average Bonchev–Trinajstić information content (AvgIpc) is 3.21. The fourth-order valence-electron chi connectivity index (χ4n) is 2.78. The maximum atomic E-state index is 12.3. The molecule has 0 bridgehead atoms. The molecule has 0 fully saturated rings. The standard InChI is InChI=1S/C17H22N6O4/c1-11(15-21-18-10-23(15)7-4-8-26-3)19-16(24)20-12-5-6-14-13(9-12)22(2)17(25)27-14/h5-6,9-11H,4,7-8H2,1-3H3,(H2,19,20,24)/t11-/m0/s1. The summed E-state index contributed by atoms with van der Waals surface area (Å²) in [6.45, 7) is 3.17. The second-order valence-corrected chi connectivity index (χ2v) is 6.16. The molecule has 2 aromatic heterocycles. The molecule has 2 heterocycles. The summed E-state index contributed by atoms with van der Waals surface area (Å²) in [5.74, 6) is 0.210. The number of aromatic nitrogens is 4. The Bertz CT molecular complexity index is 989. The zero-order valence-corrected chi connectivity index (χ0v) is 15.4. The molecular weight excluding hydrogens is 352 g/mol. The highest BCUT2D eigenvalue weighted by Crippen LogP contribution is 2.18. The molecule has 0 aliphatic carbocycles. The quantitative estimate of drug-likeness (QED) is 0.607. The molecule has 0 radical (unpaired) electrons. The predicted octanol–water partition coefficient (Wildman–Crippen LogP) is 1.64. The van der Waals surface area contributed by atoms with Crippen LogP contribution >= 0.6 is 0 Å². The van der Waals surface area contributed by atoms with Crippen molar-refractivity contribution in [3.05, 3.63) is 40.9 Å². The van der Waals surface area contributed by atoms with E-state index in [4.69, 9.17) is 9.15 Å². The van der Waals surface area contributed by atoms with E-state index in [2.05, 4.69) is 20.8 Å². The van der Waals surface area contributed by atoms with Crippen molar-refractivity contribution in [2.45, 2.75) is 25.9 Å². The summed E-state index contributed by atoms with van der Waals surface area (Å²) in [5.41, 5.74) is 1.61. The monoisotopic (exact) mass is 374 g/mol. The van der Waals surface area contributed by atoms with Crippen molar-refractivity contribution in [1.29, 1.82) is 0 Å². The molecule has 0 saturated heterocycles. The van der Waals surface area contributed by atoms with Gasteiger partial charge in [0.2, 0.25) is 0 Å². The number of amides is 2. The Morgan fingerprint density at radius 3 is 3.00 bits per heavy atom. The lowest BCUT2D eigenvalue weighted by molar-refractivity contribution is 0.189. The van der Waals surface area contributed by atoms with Gasteiger partial charge in [0.25, 0.3) is 0 Å². The summed E-state index contributed by atoms with van der Waals surface area (Å²) in [6.07, 6.45) is 2.46. The fraction of sp³-hybridized carbons (Fsp3) is 0.412. The number of carbonyl (C=O) groups is 1. The average molecular weight is 374 g/mol. The second-order valence-electron chi connectivity index (χ2n) is 6.16. The number of nitrogens with zero attached hydrogens (tertiary/aromatic N) is 4. The minimum atomic E-state index is -0.451. The number of hydrogen-bond donors (Lipinski definition) is 2. The molecular formula is C17H22N6O4. The van der Waals surface area contributed by atoms with Gasteiger partial charge >= 0.3 is 11.8 Å².